The number of hydrogen-bond acceptors (Lipinski definition) is 6. The Morgan fingerprint density at radius 3 is 2.30 bits per heavy atom. The highest BCUT2D eigenvalue weighted by molar-refractivity contribution is 7.90. The minimum absolute atomic E-state index is 0.316. The van der Waals surface area contributed by atoms with Crippen LogP contribution in [0.4, 0.5) is 5.95 Å². The Kier molecular flexibility index (Phi) is 5.62. The molecule has 4 heterocycles. The molecule has 3 aromatic heterocycles. The van der Waals surface area contributed by atoms with Crippen LogP contribution in [0.2, 0.25) is 0 Å². The second-order valence-electron chi connectivity index (χ2n) is 8.61. The van der Waals surface area contributed by atoms with E-state index in [9.17, 15) is 8.42 Å². The first kappa shape index (κ1) is 21.6. The van der Waals surface area contributed by atoms with Gasteiger partial charge in [-0.3, -0.25) is 4.98 Å². The highest BCUT2D eigenvalue weighted by Crippen LogP contribution is 2.30. The molecule has 0 spiro atoms. The van der Waals surface area contributed by atoms with Gasteiger partial charge in [0.25, 0.3) is 0 Å². The molecule has 1 aliphatic rings. The molecule has 1 aromatic carbocycles. The predicted molar refractivity (Wildman–Crippen MR) is 130 cm³/mol. The van der Waals surface area contributed by atoms with Gasteiger partial charge in [0.1, 0.15) is 0 Å². The molecule has 0 unspecified atom stereocenters. The molecule has 0 atom stereocenters. The van der Waals surface area contributed by atoms with Gasteiger partial charge in [-0.05, 0) is 49.1 Å². The van der Waals surface area contributed by atoms with Gasteiger partial charge in [-0.1, -0.05) is 19.1 Å². The average molecular weight is 462 g/mol. The molecule has 0 saturated carbocycles. The van der Waals surface area contributed by atoms with E-state index < -0.39 is 9.84 Å². The van der Waals surface area contributed by atoms with E-state index in [-0.39, 0.29) is 0 Å². The van der Waals surface area contributed by atoms with Crippen LogP contribution >= 0.6 is 0 Å². The Bertz CT molecular complexity index is 1370. The van der Waals surface area contributed by atoms with Crippen molar-refractivity contribution in [3.8, 4) is 11.3 Å². The van der Waals surface area contributed by atoms with E-state index in [4.69, 9.17) is 0 Å². The van der Waals surface area contributed by atoms with E-state index in [0.29, 0.717) is 10.9 Å². The number of piperidine rings is 1. The Hall–Kier alpha value is -3.26. The Morgan fingerprint density at radius 2 is 1.67 bits per heavy atom. The molecule has 4 aromatic rings. The van der Waals surface area contributed by atoms with Crippen LogP contribution in [0.15, 0.2) is 66.1 Å². The van der Waals surface area contributed by atoms with Gasteiger partial charge in [0.05, 0.1) is 22.3 Å². The Balaban J connectivity index is 1.32. The minimum Gasteiger partial charge on any atom is -0.343 e. The zero-order valence-corrected chi connectivity index (χ0v) is 19.7. The van der Waals surface area contributed by atoms with Crippen molar-refractivity contribution in [2.24, 2.45) is 0 Å². The van der Waals surface area contributed by atoms with Gasteiger partial charge in [-0.15, -0.1) is 0 Å². The third kappa shape index (κ3) is 4.35. The fraction of sp³-hybridized carbons (Fsp3) is 0.320. The van der Waals surface area contributed by atoms with E-state index >= 15 is 0 Å². The third-order valence-corrected chi connectivity index (χ3v) is 7.55. The lowest BCUT2D eigenvalue weighted by molar-refractivity contribution is 0.402. The van der Waals surface area contributed by atoms with Crippen LogP contribution in [0.25, 0.3) is 22.2 Å². The number of nitrogens with zero attached hydrogens (tertiary/aromatic N) is 5. The summed E-state index contributed by atoms with van der Waals surface area (Å²) < 4.78 is 25.7. The summed E-state index contributed by atoms with van der Waals surface area (Å²) in [5.74, 6) is 0.816. The van der Waals surface area contributed by atoms with Crippen LogP contribution in [0, 0.1) is 0 Å². The SMILES string of the molecule is CCc1cnc(N2CCC(n3ccc4cc(-c5ccc(S(C)(=O)=O)cc5)ncc43)CC2)nc1. The lowest BCUT2D eigenvalue weighted by Gasteiger charge is -2.33. The van der Waals surface area contributed by atoms with Crippen molar-refractivity contribution in [1.82, 2.24) is 19.5 Å². The van der Waals surface area contributed by atoms with Gasteiger partial charge < -0.3 is 9.47 Å². The van der Waals surface area contributed by atoms with Gasteiger partial charge in [0.2, 0.25) is 5.95 Å². The van der Waals surface area contributed by atoms with Gasteiger partial charge in [0.15, 0.2) is 9.84 Å². The number of aryl methyl sites for hydroxylation is 1. The molecule has 0 bridgehead atoms. The lowest BCUT2D eigenvalue weighted by atomic mass is 10.0. The normalized spacial score (nSPS) is 15.3. The molecule has 5 rings (SSSR count). The summed E-state index contributed by atoms with van der Waals surface area (Å²) in [5, 5.41) is 1.13. The number of fused-ring (bicyclic) bond motifs is 1. The van der Waals surface area contributed by atoms with E-state index in [1.807, 2.05) is 30.7 Å². The van der Waals surface area contributed by atoms with Crippen molar-refractivity contribution in [2.75, 3.05) is 24.2 Å². The van der Waals surface area contributed by atoms with Gasteiger partial charge >= 0.3 is 0 Å². The summed E-state index contributed by atoms with van der Waals surface area (Å²) in [6.07, 6.45) is 12.1. The van der Waals surface area contributed by atoms with Crippen molar-refractivity contribution >= 4 is 26.7 Å². The summed E-state index contributed by atoms with van der Waals surface area (Å²) in [6, 6.07) is 11.5. The first-order chi connectivity index (χ1) is 15.9. The summed E-state index contributed by atoms with van der Waals surface area (Å²) in [6.45, 7) is 3.96. The average Bonchev–Trinajstić information content (AvgIpc) is 3.27. The fourth-order valence-electron chi connectivity index (χ4n) is 4.44. The van der Waals surface area contributed by atoms with Crippen molar-refractivity contribution in [3.63, 3.8) is 0 Å². The number of rotatable bonds is 5. The molecule has 7 nitrogen and oxygen atoms in total. The lowest BCUT2D eigenvalue weighted by Crippen LogP contribution is -2.35. The molecule has 1 aliphatic heterocycles. The van der Waals surface area contributed by atoms with Crippen LogP contribution in [-0.4, -0.2) is 47.3 Å². The molecule has 33 heavy (non-hydrogen) atoms. The molecule has 0 amide bonds. The second kappa shape index (κ2) is 8.59. The number of benzene rings is 1. The molecule has 1 saturated heterocycles. The van der Waals surface area contributed by atoms with Crippen LogP contribution in [-0.2, 0) is 16.3 Å². The van der Waals surface area contributed by atoms with Gasteiger partial charge in [0, 0.05) is 54.9 Å². The number of aromatic nitrogens is 4. The highest BCUT2D eigenvalue weighted by Gasteiger charge is 2.23. The maximum absolute atomic E-state index is 11.7. The molecule has 170 valence electrons. The summed E-state index contributed by atoms with van der Waals surface area (Å²) in [5.41, 5.74) is 4.02. The molecule has 0 aliphatic carbocycles. The van der Waals surface area contributed by atoms with E-state index in [0.717, 1.165) is 66.0 Å². The molecular formula is C25H27N5O2S. The summed E-state index contributed by atoms with van der Waals surface area (Å²) in [7, 11) is -3.21. The minimum atomic E-state index is -3.21. The summed E-state index contributed by atoms with van der Waals surface area (Å²) >= 11 is 0. The van der Waals surface area contributed by atoms with Crippen molar-refractivity contribution in [1.29, 1.82) is 0 Å². The Labute approximate surface area is 194 Å². The standard InChI is InChI=1S/C25H27N5O2S/c1-3-18-15-27-25(28-16-18)29-11-9-21(10-12-29)30-13-8-20-14-23(26-17-24(20)30)19-4-6-22(7-5-19)33(2,31)32/h4-8,13-17,21H,3,9-12H2,1-2H3. The molecular weight excluding hydrogens is 434 g/mol. The van der Waals surface area contributed by atoms with E-state index in [2.05, 4.69) is 49.7 Å². The first-order valence-corrected chi connectivity index (χ1v) is 13.1. The fourth-order valence-corrected chi connectivity index (χ4v) is 5.07. The van der Waals surface area contributed by atoms with Crippen LogP contribution in [0.3, 0.4) is 0 Å². The third-order valence-electron chi connectivity index (χ3n) is 6.43. The topological polar surface area (TPSA) is 81.0 Å². The van der Waals surface area contributed by atoms with Crippen molar-refractivity contribution < 1.29 is 8.42 Å². The zero-order chi connectivity index (χ0) is 23.0. The van der Waals surface area contributed by atoms with E-state index in [1.165, 1.54) is 6.26 Å². The van der Waals surface area contributed by atoms with Crippen LogP contribution in [0.5, 0.6) is 0 Å². The Morgan fingerprint density at radius 1 is 0.970 bits per heavy atom. The van der Waals surface area contributed by atoms with Crippen molar-refractivity contribution in [3.05, 3.63) is 66.7 Å². The van der Waals surface area contributed by atoms with Gasteiger partial charge in [-0.25, -0.2) is 18.4 Å². The van der Waals surface area contributed by atoms with Crippen molar-refractivity contribution in [2.45, 2.75) is 37.1 Å². The number of hydrogen-bond donors (Lipinski definition) is 0. The molecule has 0 N–H and O–H groups in total. The number of pyridine rings is 1. The quantitative estimate of drug-likeness (QED) is 0.441. The smallest absolute Gasteiger partial charge is 0.225 e. The summed E-state index contributed by atoms with van der Waals surface area (Å²) in [4.78, 5) is 16.3. The number of anilines is 1. The molecule has 0 radical (unpaired) electrons. The highest BCUT2D eigenvalue weighted by atomic mass is 32.2. The zero-order valence-electron chi connectivity index (χ0n) is 18.8. The van der Waals surface area contributed by atoms with Crippen LogP contribution in [0.1, 0.15) is 31.4 Å². The number of sulfone groups is 1. The van der Waals surface area contributed by atoms with Gasteiger partial charge in [-0.2, -0.15) is 0 Å². The monoisotopic (exact) mass is 461 g/mol. The maximum Gasteiger partial charge on any atom is 0.225 e. The largest absolute Gasteiger partial charge is 0.343 e. The maximum atomic E-state index is 11.7. The van der Waals surface area contributed by atoms with E-state index in [1.54, 1.807) is 12.1 Å². The molecule has 1 fully saturated rings. The second-order valence-corrected chi connectivity index (χ2v) is 10.6. The first-order valence-electron chi connectivity index (χ1n) is 11.3. The molecule has 8 heteroatoms. The predicted octanol–water partition coefficient (Wildman–Crippen LogP) is 4.30. The van der Waals surface area contributed by atoms with Crippen LogP contribution < -0.4 is 4.90 Å².